The van der Waals surface area contributed by atoms with Gasteiger partial charge in [0.05, 0.1) is 11.5 Å². The number of sulfonamides is 1. The lowest BCUT2D eigenvalue weighted by atomic mass is 9.81. The van der Waals surface area contributed by atoms with Crippen LogP contribution in [0.25, 0.3) is 0 Å². The molecule has 3 rings (SSSR count). The molecule has 0 aromatic rings. The van der Waals surface area contributed by atoms with E-state index in [-0.39, 0.29) is 54.6 Å². The number of aliphatic hydroxyl groups is 1. The first-order chi connectivity index (χ1) is 15.3. The van der Waals surface area contributed by atoms with E-state index in [0.717, 1.165) is 44.4 Å². The fraction of sp³-hybridized carbons (Fsp3) is 1.00. The Bertz CT molecular complexity index is 690. The van der Waals surface area contributed by atoms with Crippen LogP contribution in [0, 0.1) is 35.5 Å². The Labute approximate surface area is 240 Å². The van der Waals surface area contributed by atoms with E-state index < -0.39 is 20.1 Å². The molecule has 6 atom stereocenters. The number of nitrogens with two attached hydrogens (primary N) is 1. The molecule has 0 spiro atoms. The van der Waals surface area contributed by atoms with Crippen molar-refractivity contribution in [3.63, 3.8) is 0 Å². The molecule has 0 aromatic carbocycles. The van der Waals surface area contributed by atoms with E-state index in [1.54, 1.807) is 0 Å². The SMILES string of the molecule is C.C.C.C.C.CC1CCCCC1CO.CC1CCCCC1CS(=O)(=O)O.CC1CCCCC1CS(N)(=O)=O. The Morgan fingerprint density at radius 1 is 0.579 bits per heavy atom. The van der Waals surface area contributed by atoms with Crippen LogP contribution in [0.15, 0.2) is 0 Å². The predicted molar refractivity (Wildman–Crippen MR) is 168 cm³/mol. The van der Waals surface area contributed by atoms with E-state index in [1.807, 2.05) is 0 Å². The second-order valence-corrected chi connectivity index (χ2v) is 14.0. The van der Waals surface area contributed by atoms with E-state index in [9.17, 15) is 16.8 Å². The average Bonchev–Trinajstić information content (AvgIpc) is 2.71. The van der Waals surface area contributed by atoms with Crippen molar-refractivity contribution in [3.8, 4) is 0 Å². The summed E-state index contributed by atoms with van der Waals surface area (Å²) in [4.78, 5) is 0. The summed E-state index contributed by atoms with van der Waals surface area (Å²) in [5, 5.41) is 13.9. The molecular weight excluding hydrogens is 522 g/mol. The van der Waals surface area contributed by atoms with Gasteiger partial charge in [-0.15, -0.1) is 0 Å². The zero-order valence-corrected chi connectivity index (χ0v) is 22.6. The van der Waals surface area contributed by atoms with Crippen molar-refractivity contribution in [2.45, 2.75) is 135 Å². The molecule has 3 fully saturated rings. The van der Waals surface area contributed by atoms with Crippen molar-refractivity contribution in [1.82, 2.24) is 0 Å². The van der Waals surface area contributed by atoms with Gasteiger partial charge in [-0.1, -0.05) is 116 Å². The summed E-state index contributed by atoms with van der Waals surface area (Å²) in [5.41, 5.74) is 0. The largest absolute Gasteiger partial charge is 0.396 e. The zero-order chi connectivity index (χ0) is 25.1. The molecule has 0 heterocycles. The molecule has 238 valence electrons. The Balaban J connectivity index is -0.000000136. The molecule has 38 heavy (non-hydrogen) atoms. The lowest BCUT2D eigenvalue weighted by Crippen LogP contribution is -2.28. The topological polar surface area (TPSA) is 135 Å². The molecule has 0 saturated heterocycles. The maximum absolute atomic E-state index is 10.8. The molecule has 0 aromatic heterocycles. The van der Waals surface area contributed by atoms with Crippen molar-refractivity contribution in [3.05, 3.63) is 0 Å². The minimum Gasteiger partial charge on any atom is -0.396 e. The number of aliphatic hydroxyl groups excluding tert-OH is 1. The summed E-state index contributed by atoms with van der Waals surface area (Å²) < 4.78 is 51.5. The van der Waals surface area contributed by atoms with Crippen LogP contribution in [0.5, 0.6) is 0 Å². The van der Waals surface area contributed by atoms with Crippen molar-refractivity contribution in [2.75, 3.05) is 18.1 Å². The van der Waals surface area contributed by atoms with Crippen LogP contribution in [-0.4, -0.2) is 44.6 Å². The Morgan fingerprint density at radius 2 is 0.868 bits per heavy atom. The molecule has 0 amide bonds. The first-order valence-corrected chi connectivity index (χ1v) is 16.2. The maximum Gasteiger partial charge on any atom is 0.265 e. The van der Waals surface area contributed by atoms with Crippen LogP contribution in [0.4, 0.5) is 0 Å². The summed E-state index contributed by atoms with van der Waals surface area (Å²) in [6, 6.07) is 0. The minimum atomic E-state index is -3.76. The lowest BCUT2D eigenvalue weighted by Gasteiger charge is -2.27. The predicted octanol–water partition coefficient (Wildman–Crippen LogP) is 7.79. The van der Waals surface area contributed by atoms with Gasteiger partial charge in [0.2, 0.25) is 10.0 Å². The van der Waals surface area contributed by atoms with Crippen molar-refractivity contribution in [2.24, 2.45) is 40.6 Å². The third-order valence-corrected chi connectivity index (χ3v) is 9.72. The van der Waals surface area contributed by atoms with Gasteiger partial charge in [0.1, 0.15) is 0 Å². The average molecular weight is 592 g/mol. The van der Waals surface area contributed by atoms with Crippen molar-refractivity contribution in [1.29, 1.82) is 0 Å². The van der Waals surface area contributed by atoms with Crippen LogP contribution in [0.2, 0.25) is 0 Å². The highest BCUT2D eigenvalue weighted by atomic mass is 32.2. The van der Waals surface area contributed by atoms with Gasteiger partial charge in [-0.25, -0.2) is 13.6 Å². The van der Waals surface area contributed by atoms with E-state index in [1.165, 1.54) is 38.5 Å². The standard InChI is InChI=1S/C8H17NO2S.C8H16O3S.C8H16O.5CH4/c2*1-7-4-2-3-5-8(7)6-12(9,10)11;1-7-4-2-3-5-8(7)6-9;;;;;/h7-8H,2-6H2,1H3,(H2,9,10,11);7-8H,2-6H2,1H3,(H,9,10,11);7-9H,2-6H2,1H3;5*1H4. The van der Waals surface area contributed by atoms with E-state index in [2.05, 4.69) is 20.8 Å². The van der Waals surface area contributed by atoms with Gasteiger partial charge in [0.15, 0.2) is 0 Å². The highest BCUT2D eigenvalue weighted by Gasteiger charge is 2.26. The second-order valence-electron chi connectivity index (χ2n) is 10.8. The summed E-state index contributed by atoms with van der Waals surface area (Å²) in [7, 11) is -7.01. The number of hydrogen-bond donors (Lipinski definition) is 3. The first-order valence-electron chi connectivity index (χ1n) is 12.9. The van der Waals surface area contributed by atoms with Crippen LogP contribution in [-0.2, 0) is 20.1 Å². The maximum atomic E-state index is 10.8. The molecule has 7 nitrogen and oxygen atoms in total. The Hall–Kier alpha value is -0.220. The number of hydrogen-bond acceptors (Lipinski definition) is 5. The lowest BCUT2D eigenvalue weighted by molar-refractivity contribution is 0.144. The molecule has 3 saturated carbocycles. The van der Waals surface area contributed by atoms with Gasteiger partial charge in [0.25, 0.3) is 10.1 Å². The Morgan fingerprint density at radius 3 is 1.11 bits per heavy atom. The molecule has 3 aliphatic rings. The highest BCUT2D eigenvalue weighted by Crippen LogP contribution is 2.31. The first kappa shape index (κ1) is 47.6. The van der Waals surface area contributed by atoms with Crippen molar-refractivity contribution < 1.29 is 26.5 Å². The highest BCUT2D eigenvalue weighted by molar-refractivity contribution is 7.89. The third-order valence-electron chi connectivity index (χ3n) is 7.97. The van der Waals surface area contributed by atoms with E-state index in [0.29, 0.717) is 30.3 Å². The Kier molecular flexibility index (Phi) is 29.4. The van der Waals surface area contributed by atoms with Gasteiger partial charge in [-0.05, 0) is 54.8 Å². The minimum absolute atomic E-state index is 0. The van der Waals surface area contributed by atoms with Crippen LogP contribution in [0.1, 0.15) is 135 Å². The molecule has 9 heteroatoms. The van der Waals surface area contributed by atoms with E-state index >= 15 is 0 Å². The number of primary sulfonamides is 1. The monoisotopic (exact) mass is 591 g/mol. The molecule has 6 unspecified atom stereocenters. The van der Waals surface area contributed by atoms with Crippen LogP contribution >= 0.6 is 0 Å². The van der Waals surface area contributed by atoms with E-state index in [4.69, 9.17) is 14.8 Å². The summed E-state index contributed by atoms with van der Waals surface area (Å²) >= 11 is 0. The van der Waals surface area contributed by atoms with Gasteiger partial charge in [-0.3, -0.25) is 4.55 Å². The molecule has 0 bridgehead atoms. The molecule has 3 aliphatic carbocycles. The second kappa shape index (κ2) is 23.5. The number of rotatable bonds is 5. The fourth-order valence-electron chi connectivity index (χ4n) is 5.51. The summed E-state index contributed by atoms with van der Waals surface area (Å²) in [6.45, 7) is 6.84. The fourth-order valence-corrected chi connectivity index (χ4v) is 7.64. The molecular formula is C29H69NO6S2. The van der Waals surface area contributed by atoms with Crippen molar-refractivity contribution >= 4 is 20.1 Å². The quantitative estimate of drug-likeness (QED) is 0.279. The smallest absolute Gasteiger partial charge is 0.265 e. The normalized spacial score (nSPS) is 28.8. The van der Waals surface area contributed by atoms with Gasteiger partial charge < -0.3 is 5.11 Å². The van der Waals surface area contributed by atoms with Crippen LogP contribution < -0.4 is 5.14 Å². The summed E-state index contributed by atoms with van der Waals surface area (Å²) in [5.74, 6) is 2.95. The molecule has 4 N–H and O–H groups in total. The molecule has 0 aliphatic heterocycles. The molecule has 0 radical (unpaired) electrons. The zero-order valence-electron chi connectivity index (χ0n) is 21.0. The van der Waals surface area contributed by atoms with Crippen LogP contribution in [0.3, 0.4) is 0 Å². The summed E-state index contributed by atoms with van der Waals surface area (Å²) in [6.07, 6.45) is 14.2. The van der Waals surface area contributed by atoms with Gasteiger partial charge in [-0.2, -0.15) is 8.42 Å². The van der Waals surface area contributed by atoms with Gasteiger partial charge in [0, 0.05) is 6.61 Å². The third kappa shape index (κ3) is 21.6. The van der Waals surface area contributed by atoms with Gasteiger partial charge >= 0.3 is 0 Å².